The lowest BCUT2D eigenvalue weighted by Crippen LogP contribution is -2.37. The van der Waals surface area contributed by atoms with E-state index in [1.807, 2.05) is 13.0 Å². The predicted molar refractivity (Wildman–Crippen MR) is 78.8 cm³/mol. The molecule has 1 atom stereocenters. The van der Waals surface area contributed by atoms with E-state index in [4.69, 9.17) is 18.0 Å². The van der Waals surface area contributed by atoms with Crippen LogP contribution in [0.1, 0.15) is 12.5 Å². The Morgan fingerprint density at radius 1 is 1.61 bits per heavy atom. The Balaban J connectivity index is 2.76. The smallest absolute Gasteiger partial charge is 0.242 e. The molecular weight excluding hydrogens is 316 g/mol. The third kappa shape index (κ3) is 3.94. The van der Waals surface area contributed by atoms with Gasteiger partial charge in [-0.2, -0.15) is 0 Å². The largest absolute Gasteiger partial charge is 0.373 e. The van der Waals surface area contributed by atoms with Crippen molar-refractivity contribution in [3.05, 3.63) is 27.2 Å². The number of hydrogen-bond donors (Lipinski definition) is 2. The van der Waals surface area contributed by atoms with Gasteiger partial charge in [0.1, 0.15) is 6.04 Å². The van der Waals surface area contributed by atoms with Crippen LogP contribution in [0, 0.1) is 19.3 Å². The highest BCUT2D eigenvalue weighted by Gasteiger charge is 2.13. The topological polar surface area (TPSA) is 41.1 Å². The summed E-state index contributed by atoms with van der Waals surface area (Å²) in [6.07, 6.45) is 5.08. The number of amides is 1. The molecule has 0 saturated carbocycles. The number of rotatable bonds is 4. The highest BCUT2D eigenvalue weighted by Crippen LogP contribution is 2.29. The number of terminal acetylenes is 1. The molecular formula is C13H14BrClN2O. The van der Waals surface area contributed by atoms with Crippen LogP contribution in [0.15, 0.2) is 16.6 Å². The van der Waals surface area contributed by atoms with Crippen LogP contribution in [0.25, 0.3) is 0 Å². The Labute approximate surface area is 120 Å². The molecule has 0 aliphatic carbocycles. The molecule has 1 aromatic carbocycles. The van der Waals surface area contributed by atoms with Crippen molar-refractivity contribution in [3.8, 4) is 12.3 Å². The Bertz CT molecular complexity index is 496. The SMILES string of the molecule is C#CCNC(=O)C(C)Nc1cc(Cl)c(C)cc1Br. The number of benzene rings is 1. The van der Waals surface area contributed by atoms with Gasteiger partial charge in [-0.3, -0.25) is 4.79 Å². The van der Waals surface area contributed by atoms with Gasteiger partial charge in [-0.1, -0.05) is 17.5 Å². The van der Waals surface area contributed by atoms with Crippen LogP contribution in [0.2, 0.25) is 5.02 Å². The van der Waals surface area contributed by atoms with Crippen molar-refractivity contribution in [2.24, 2.45) is 0 Å². The molecule has 5 heteroatoms. The van der Waals surface area contributed by atoms with E-state index in [1.165, 1.54) is 0 Å². The van der Waals surface area contributed by atoms with Gasteiger partial charge in [0.15, 0.2) is 0 Å². The van der Waals surface area contributed by atoms with E-state index in [-0.39, 0.29) is 12.5 Å². The minimum atomic E-state index is -0.395. The van der Waals surface area contributed by atoms with Gasteiger partial charge in [0.25, 0.3) is 0 Å². The molecule has 2 N–H and O–H groups in total. The molecule has 0 aliphatic heterocycles. The standard InChI is InChI=1S/C13H14BrClN2O/c1-4-5-16-13(18)9(3)17-12-7-11(15)8(2)6-10(12)14/h1,6-7,9,17H,5H2,2-3H3,(H,16,18). The van der Waals surface area contributed by atoms with Crippen LogP contribution in [0.5, 0.6) is 0 Å². The summed E-state index contributed by atoms with van der Waals surface area (Å²) in [4.78, 5) is 11.7. The van der Waals surface area contributed by atoms with Crippen molar-refractivity contribution < 1.29 is 4.79 Å². The molecule has 0 saturated heterocycles. The van der Waals surface area contributed by atoms with Crippen molar-refractivity contribution in [1.29, 1.82) is 0 Å². The molecule has 96 valence electrons. The highest BCUT2D eigenvalue weighted by atomic mass is 79.9. The van der Waals surface area contributed by atoms with Gasteiger partial charge in [0, 0.05) is 9.50 Å². The summed E-state index contributed by atoms with van der Waals surface area (Å²) in [5.41, 5.74) is 1.74. The average Bonchev–Trinajstić information content (AvgIpc) is 2.32. The lowest BCUT2D eigenvalue weighted by Gasteiger charge is -2.16. The fourth-order valence-corrected chi connectivity index (χ4v) is 2.08. The first-order chi connectivity index (χ1) is 8.45. The fourth-order valence-electron chi connectivity index (χ4n) is 1.35. The maximum atomic E-state index is 11.7. The normalized spacial score (nSPS) is 11.5. The maximum Gasteiger partial charge on any atom is 0.242 e. The number of aryl methyl sites for hydroxylation is 1. The Kier molecular flexibility index (Phi) is 5.52. The van der Waals surface area contributed by atoms with Crippen molar-refractivity contribution in [3.63, 3.8) is 0 Å². The molecule has 0 aromatic heterocycles. The van der Waals surface area contributed by atoms with Crippen LogP contribution in [0.3, 0.4) is 0 Å². The van der Waals surface area contributed by atoms with Crippen LogP contribution >= 0.6 is 27.5 Å². The number of carbonyl (C=O) groups is 1. The molecule has 1 aromatic rings. The van der Waals surface area contributed by atoms with E-state index in [9.17, 15) is 4.79 Å². The van der Waals surface area contributed by atoms with E-state index in [1.54, 1.807) is 13.0 Å². The second kappa shape index (κ2) is 6.67. The molecule has 0 fully saturated rings. The third-order valence-electron chi connectivity index (χ3n) is 2.38. The quantitative estimate of drug-likeness (QED) is 0.834. The number of halogens is 2. The van der Waals surface area contributed by atoms with Gasteiger partial charge >= 0.3 is 0 Å². The molecule has 0 spiro atoms. The zero-order valence-corrected chi connectivity index (χ0v) is 12.5. The molecule has 1 rings (SSSR count). The molecule has 0 aliphatic rings. The number of anilines is 1. The summed E-state index contributed by atoms with van der Waals surface area (Å²) in [5.74, 6) is 2.20. The van der Waals surface area contributed by atoms with Crippen molar-refractivity contribution in [1.82, 2.24) is 5.32 Å². The second-order valence-electron chi connectivity index (χ2n) is 3.87. The van der Waals surface area contributed by atoms with Crippen molar-refractivity contribution in [2.45, 2.75) is 19.9 Å². The Morgan fingerprint density at radius 3 is 2.89 bits per heavy atom. The fraction of sp³-hybridized carbons (Fsp3) is 0.308. The van der Waals surface area contributed by atoms with E-state index in [2.05, 4.69) is 32.5 Å². The highest BCUT2D eigenvalue weighted by molar-refractivity contribution is 9.10. The summed E-state index contributed by atoms with van der Waals surface area (Å²) in [5, 5.41) is 6.34. The van der Waals surface area contributed by atoms with E-state index in [0.29, 0.717) is 5.02 Å². The van der Waals surface area contributed by atoms with Gasteiger partial charge in [-0.25, -0.2) is 0 Å². The van der Waals surface area contributed by atoms with Crippen LogP contribution in [-0.4, -0.2) is 18.5 Å². The van der Waals surface area contributed by atoms with E-state index < -0.39 is 6.04 Å². The second-order valence-corrected chi connectivity index (χ2v) is 5.13. The summed E-state index contributed by atoms with van der Waals surface area (Å²) in [7, 11) is 0. The zero-order chi connectivity index (χ0) is 13.7. The van der Waals surface area contributed by atoms with Gasteiger partial charge in [0.2, 0.25) is 5.91 Å². The minimum Gasteiger partial charge on any atom is -0.373 e. The maximum absolute atomic E-state index is 11.7. The summed E-state index contributed by atoms with van der Waals surface area (Å²) in [6.45, 7) is 3.90. The monoisotopic (exact) mass is 328 g/mol. The minimum absolute atomic E-state index is 0.156. The first-order valence-electron chi connectivity index (χ1n) is 5.39. The molecule has 18 heavy (non-hydrogen) atoms. The van der Waals surface area contributed by atoms with Crippen LogP contribution < -0.4 is 10.6 Å². The summed E-state index contributed by atoms with van der Waals surface area (Å²) >= 11 is 9.47. The first kappa shape index (κ1) is 14.9. The Hall–Kier alpha value is -1.18. The molecule has 0 bridgehead atoms. The number of nitrogens with one attached hydrogen (secondary N) is 2. The van der Waals surface area contributed by atoms with E-state index in [0.717, 1.165) is 15.7 Å². The summed E-state index contributed by atoms with van der Waals surface area (Å²) in [6, 6.07) is 3.29. The zero-order valence-electron chi connectivity index (χ0n) is 10.2. The predicted octanol–water partition coefficient (Wildman–Crippen LogP) is 2.96. The third-order valence-corrected chi connectivity index (χ3v) is 3.44. The average molecular weight is 330 g/mol. The molecule has 1 unspecified atom stereocenters. The van der Waals surface area contributed by atoms with Crippen molar-refractivity contribution >= 4 is 39.1 Å². The molecule has 0 radical (unpaired) electrons. The Morgan fingerprint density at radius 2 is 2.28 bits per heavy atom. The van der Waals surface area contributed by atoms with E-state index >= 15 is 0 Å². The van der Waals surface area contributed by atoms with Gasteiger partial charge < -0.3 is 10.6 Å². The van der Waals surface area contributed by atoms with Gasteiger partial charge in [-0.05, 0) is 47.5 Å². The molecule has 1 amide bonds. The van der Waals surface area contributed by atoms with Gasteiger partial charge in [0.05, 0.1) is 12.2 Å². The molecule has 3 nitrogen and oxygen atoms in total. The summed E-state index contributed by atoms with van der Waals surface area (Å²) < 4.78 is 0.862. The van der Waals surface area contributed by atoms with Crippen LogP contribution in [-0.2, 0) is 4.79 Å². The lowest BCUT2D eigenvalue weighted by molar-refractivity contribution is -0.121. The number of carbonyl (C=O) groups excluding carboxylic acids is 1. The lowest BCUT2D eigenvalue weighted by atomic mass is 10.2. The van der Waals surface area contributed by atoms with Crippen molar-refractivity contribution in [2.75, 3.05) is 11.9 Å². The first-order valence-corrected chi connectivity index (χ1v) is 6.56. The molecule has 0 heterocycles. The van der Waals surface area contributed by atoms with Gasteiger partial charge in [-0.15, -0.1) is 6.42 Å². The van der Waals surface area contributed by atoms with Crippen LogP contribution in [0.4, 0.5) is 5.69 Å². The number of hydrogen-bond acceptors (Lipinski definition) is 2.